The van der Waals surface area contributed by atoms with Gasteiger partial charge in [0.1, 0.15) is 0 Å². The van der Waals surface area contributed by atoms with Gasteiger partial charge in [-0.05, 0) is 13.8 Å². The fraction of sp³-hybridized carbons (Fsp3) is 0.545. The van der Waals surface area contributed by atoms with Gasteiger partial charge in [0.25, 0.3) is 10.0 Å². The third kappa shape index (κ3) is 2.55. The van der Waals surface area contributed by atoms with Crippen LogP contribution in [0.3, 0.4) is 0 Å². The molecule has 10 heteroatoms. The number of nitrogen functional groups attached to an aromatic ring is 1. The average molecular weight is 347 g/mol. The van der Waals surface area contributed by atoms with Gasteiger partial charge in [0, 0.05) is 35.2 Å². The number of thiazole rings is 1. The minimum absolute atomic E-state index is 0.0971. The van der Waals surface area contributed by atoms with Crippen molar-refractivity contribution in [2.75, 3.05) is 24.3 Å². The number of nitrogens with zero attached hydrogens (tertiary/aromatic N) is 3. The van der Waals surface area contributed by atoms with Crippen molar-refractivity contribution in [3.8, 4) is 0 Å². The molecular weight excluding hydrogens is 330 g/mol. The van der Waals surface area contributed by atoms with Crippen LogP contribution in [0, 0.1) is 0 Å². The predicted octanol–water partition coefficient (Wildman–Crippen LogP) is 1.20. The summed E-state index contributed by atoms with van der Waals surface area (Å²) >= 11 is 3.16. The van der Waals surface area contributed by atoms with E-state index >= 15 is 0 Å². The number of hydrogen-bond donors (Lipinski definition) is 2. The Bertz CT molecular complexity index is 764. The molecule has 2 aromatic rings. The number of hydrogen-bond acceptors (Lipinski definition) is 7. The minimum atomic E-state index is -3.64. The summed E-state index contributed by atoms with van der Waals surface area (Å²) in [4.78, 5) is 4.83. The smallest absolute Gasteiger partial charge is 0.263 e. The van der Waals surface area contributed by atoms with E-state index in [1.807, 2.05) is 0 Å². The Labute approximate surface area is 131 Å². The van der Waals surface area contributed by atoms with Gasteiger partial charge >= 0.3 is 0 Å². The summed E-state index contributed by atoms with van der Waals surface area (Å²) in [5.74, 6) is 6.42. The Kier molecular flexibility index (Phi) is 3.69. The van der Waals surface area contributed by atoms with Crippen LogP contribution in [-0.4, -0.2) is 45.7 Å². The molecule has 3 heterocycles. The SMILES string of the molecule is CC1(C)CN(S(=O)(=O)c2c(NN)nc3sccn23)CCS1. The van der Waals surface area contributed by atoms with E-state index in [9.17, 15) is 8.42 Å². The number of rotatable bonds is 3. The number of fused-ring (bicyclic) bond motifs is 1. The molecule has 0 bridgehead atoms. The van der Waals surface area contributed by atoms with E-state index in [-0.39, 0.29) is 15.6 Å². The predicted molar refractivity (Wildman–Crippen MR) is 86.2 cm³/mol. The molecule has 1 aliphatic heterocycles. The van der Waals surface area contributed by atoms with E-state index in [0.717, 1.165) is 5.75 Å². The minimum Gasteiger partial charge on any atom is -0.306 e. The lowest BCUT2D eigenvalue weighted by molar-refractivity contribution is 0.386. The highest BCUT2D eigenvalue weighted by Gasteiger charge is 2.38. The van der Waals surface area contributed by atoms with Crippen molar-refractivity contribution in [1.29, 1.82) is 0 Å². The van der Waals surface area contributed by atoms with Gasteiger partial charge in [-0.3, -0.25) is 4.40 Å². The fourth-order valence-corrected chi connectivity index (χ4v) is 6.30. The lowest BCUT2D eigenvalue weighted by Gasteiger charge is -2.36. The first-order valence-corrected chi connectivity index (χ1v) is 9.72. The van der Waals surface area contributed by atoms with E-state index in [1.165, 1.54) is 15.6 Å². The van der Waals surface area contributed by atoms with Gasteiger partial charge in [-0.25, -0.2) is 14.3 Å². The van der Waals surface area contributed by atoms with Crippen LogP contribution in [0.2, 0.25) is 0 Å². The topological polar surface area (TPSA) is 92.7 Å². The summed E-state index contributed by atoms with van der Waals surface area (Å²) in [7, 11) is -3.64. The van der Waals surface area contributed by atoms with E-state index in [4.69, 9.17) is 5.84 Å². The Morgan fingerprint density at radius 3 is 2.90 bits per heavy atom. The molecule has 0 saturated carbocycles. The van der Waals surface area contributed by atoms with Gasteiger partial charge in [-0.1, -0.05) is 0 Å². The molecule has 0 amide bonds. The second-order valence-corrected chi connectivity index (χ2v) is 9.94. The number of imidazole rings is 1. The van der Waals surface area contributed by atoms with Crippen LogP contribution in [0.15, 0.2) is 16.6 Å². The second kappa shape index (κ2) is 5.13. The maximum Gasteiger partial charge on any atom is 0.263 e. The third-order valence-corrected chi connectivity index (χ3v) is 7.25. The molecule has 7 nitrogen and oxygen atoms in total. The van der Waals surface area contributed by atoms with Gasteiger partial charge in [0.2, 0.25) is 5.03 Å². The summed E-state index contributed by atoms with van der Waals surface area (Å²) in [5, 5.41) is 1.92. The van der Waals surface area contributed by atoms with Crippen molar-refractivity contribution in [1.82, 2.24) is 13.7 Å². The summed E-state index contributed by atoms with van der Waals surface area (Å²) in [6.45, 7) is 5.08. The van der Waals surface area contributed by atoms with E-state index in [2.05, 4.69) is 24.3 Å². The molecule has 1 fully saturated rings. The zero-order valence-corrected chi connectivity index (χ0v) is 14.2. The van der Waals surface area contributed by atoms with Gasteiger partial charge in [-0.15, -0.1) is 11.3 Å². The van der Waals surface area contributed by atoms with E-state index in [1.54, 1.807) is 27.7 Å². The van der Waals surface area contributed by atoms with Crippen molar-refractivity contribution in [3.63, 3.8) is 0 Å². The van der Waals surface area contributed by atoms with Crippen LogP contribution in [0.1, 0.15) is 13.8 Å². The van der Waals surface area contributed by atoms with Gasteiger partial charge in [0.15, 0.2) is 10.8 Å². The summed E-state index contributed by atoms with van der Waals surface area (Å²) in [5.41, 5.74) is 2.40. The van der Waals surface area contributed by atoms with E-state index < -0.39 is 10.0 Å². The number of thioether (sulfide) groups is 1. The normalized spacial score (nSPS) is 20.0. The lowest BCUT2D eigenvalue weighted by Crippen LogP contribution is -2.46. The standard InChI is InChI=1S/C11H17N5O2S3/c1-11(2)7-15(3-6-20-11)21(17,18)9-8(14-12)13-10-16(9)4-5-19-10/h4-5,14H,3,6-7,12H2,1-2H3. The Morgan fingerprint density at radius 1 is 1.48 bits per heavy atom. The average Bonchev–Trinajstić information content (AvgIpc) is 2.96. The summed E-state index contributed by atoms with van der Waals surface area (Å²) in [6, 6.07) is 0. The molecule has 116 valence electrons. The zero-order valence-electron chi connectivity index (χ0n) is 11.7. The summed E-state index contributed by atoms with van der Waals surface area (Å²) in [6.07, 6.45) is 1.70. The van der Waals surface area contributed by atoms with Crippen LogP contribution in [-0.2, 0) is 10.0 Å². The van der Waals surface area contributed by atoms with Crippen LogP contribution in [0.25, 0.3) is 4.96 Å². The number of nitrogens with one attached hydrogen (secondary N) is 1. The molecule has 1 aliphatic rings. The first kappa shape index (κ1) is 15.1. The molecule has 2 aromatic heterocycles. The highest BCUT2D eigenvalue weighted by atomic mass is 32.2. The van der Waals surface area contributed by atoms with Crippen molar-refractivity contribution >= 4 is 43.9 Å². The monoisotopic (exact) mass is 347 g/mol. The molecule has 0 radical (unpaired) electrons. The zero-order chi connectivity index (χ0) is 15.3. The molecule has 0 atom stereocenters. The molecule has 21 heavy (non-hydrogen) atoms. The largest absolute Gasteiger partial charge is 0.306 e. The number of nitrogens with two attached hydrogens (primary N) is 1. The van der Waals surface area contributed by atoms with E-state index in [0.29, 0.717) is 18.1 Å². The van der Waals surface area contributed by atoms with Gasteiger partial charge in [-0.2, -0.15) is 21.1 Å². The molecule has 0 spiro atoms. The molecule has 1 saturated heterocycles. The Hall–Kier alpha value is -0.810. The number of anilines is 1. The maximum absolute atomic E-state index is 13.0. The van der Waals surface area contributed by atoms with Gasteiger partial charge in [0.05, 0.1) is 0 Å². The number of aromatic nitrogens is 2. The molecule has 0 unspecified atom stereocenters. The third-order valence-electron chi connectivity index (χ3n) is 3.33. The highest BCUT2D eigenvalue weighted by Crippen LogP contribution is 2.34. The molecular formula is C11H17N5O2S3. The first-order valence-electron chi connectivity index (χ1n) is 6.41. The van der Waals surface area contributed by atoms with Crippen LogP contribution in [0.4, 0.5) is 5.82 Å². The highest BCUT2D eigenvalue weighted by molar-refractivity contribution is 8.00. The van der Waals surface area contributed by atoms with Crippen molar-refractivity contribution in [2.45, 2.75) is 23.6 Å². The molecule has 3 N–H and O–H groups in total. The number of hydrazine groups is 1. The van der Waals surface area contributed by atoms with Gasteiger partial charge < -0.3 is 5.43 Å². The second-order valence-electron chi connectivity index (χ2n) is 5.41. The molecule has 0 aromatic carbocycles. The molecule has 0 aliphatic carbocycles. The maximum atomic E-state index is 13.0. The fourth-order valence-electron chi connectivity index (χ4n) is 2.41. The Morgan fingerprint density at radius 2 is 2.24 bits per heavy atom. The first-order chi connectivity index (χ1) is 9.85. The Balaban J connectivity index is 2.09. The van der Waals surface area contributed by atoms with Crippen LogP contribution >= 0.6 is 23.1 Å². The van der Waals surface area contributed by atoms with Crippen molar-refractivity contribution in [2.24, 2.45) is 5.84 Å². The van der Waals surface area contributed by atoms with Crippen LogP contribution < -0.4 is 11.3 Å². The lowest BCUT2D eigenvalue weighted by atomic mass is 10.2. The molecule has 3 rings (SSSR count). The number of sulfonamides is 1. The quantitative estimate of drug-likeness (QED) is 0.640. The van der Waals surface area contributed by atoms with Crippen LogP contribution in [0.5, 0.6) is 0 Å². The van der Waals surface area contributed by atoms with Crippen molar-refractivity contribution in [3.05, 3.63) is 11.6 Å². The summed E-state index contributed by atoms with van der Waals surface area (Å²) < 4.78 is 29.0. The van der Waals surface area contributed by atoms with Crippen molar-refractivity contribution < 1.29 is 8.42 Å².